The molecule has 0 aliphatic carbocycles. The highest BCUT2D eigenvalue weighted by molar-refractivity contribution is 6.51. The standard InChI is InChI=1S/C26H22ClNO4/c1-15(2)16-8-12-20(13-9-16)28-23(18-4-3-5-21(29)14-18)22(25(31)26(28)32)24(30)17-6-10-19(27)11-7-17/h3-15,23,29-30H,1-2H3/b24-22-. The number of phenols is 1. The first kappa shape index (κ1) is 21.7. The largest absolute Gasteiger partial charge is 0.508 e. The number of halogens is 1. The molecule has 0 radical (unpaired) electrons. The number of carbonyl (C=O) groups excluding carboxylic acids is 2. The monoisotopic (exact) mass is 447 g/mol. The Morgan fingerprint density at radius 1 is 0.969 bits per heavy atom. The molecule has 6 heteroatoms. The number of aliphatic hydroxyl groups excluding tert-OH is 1. The number of Topliss-reactive ketones (excluding diaryl/α,β-unsaturated/α-hetero) is 1. The quantitative estimate of drug-likeness (QED) is 0.301. The molecule has 1 atom stereocenters. The van der Waals surface area contributed by atoms with E-state index in [0.717, 1.165) is 5.56 Å². The van der Waals surface area contributed by atoms with E-state index in [1.54, 1.807) is 48.5 Å². The molecular formula is C26H22ClNO4. The maximum absolute atomic E-state index is 13.1. The predicted octanol–water partition coefficient (Wildman–Crippen LogP) is 5.80. The number of hydrogen-bond donors (Lipinski definition) is 2. The Balaban J connectivity index is 1.91. The van der Waals surface area contributed by atoms with Crippen LogP contribution in [0.5, 0.6) is 5.75 Å². The van der Waals surface area contributed by atoms with Crippen LogP contribution >= 0.6 is 11.6 Å². The number of hydrogen-bond acceptors (Lipinski definition) is 4. The summed E-state index contributed by atoms with van der Waals surface area (Å²) in [5.74, 6) is -1.53. The number of aliphatic hydroxyl groups is 1. The molecule has 1 heterocycles. The van der Waals surface area contributed by atoms with Gasteiger partial charge in [0.1, 0.15) is 11.5 Å². The van der Waals surface area contributed by atoms with Crippen LogP contribution in [-0.4, -0.2) is 21.9 Å². The lowest BCUT2D eigenvalue weighted by molar-refractivity contribution is -0.132. The van der Waals surface area contributed by atoms with E-state index in [4.69, 9.17) is 11.6 Å². The molecule has 32 heavy (non-hydrogen) atoms. The number of benzene rings is 3. The van der Waals surface area contributed by atoms with Gasteiger partial charge in [-0.1, -0.05) is 49.7 Å². The van der Waals surface area contributed by atoms with Crippen LogP contribution in [0.4, 0.5) is 5.69 Å². The van der Waals surface area contributed by atoms with Crippen molar-refractivity contribution in [2.24, 2.45) is 0 Å². The van der Waals surface area contributed by atoms with E-state index in [-0.39, 0.29) is 17.1 Å². The number of phenolic OH excluding ortho intramolecular Hbond substituents is 1. The SMILES string of the molecule is CC(C)c1ccc(N2C(=O)C(=O)/C(=C(\O)c3ccc(Cl)cc3)C2c2cccc(O)c2)cc1. The highest BCUT2D eigenvalue weighted by atomic mass is 35.5. The van der Waals surface area contributed by atoms with Gasteiger partial charge in [0.15, 0.2) is 0 Å². The van der Waals surface area contributed by atoms with Gasteiger partial charge in [-0.25, -0.2) is 0 Å². The Kier molecular flexibility index (Phi) is 5.76. The zero-order valence-electron chi connectivity index (χ0n) is 17.6. The lowest BCUT2D eigenvalue weighted by atomic mass is 9.95. The summed E-state index contributed by atoms with van der Waals surface area (Å²) in [6, 6.07) is 19.2. The number of amides is 1. The van der Waals surface area contributed by atoms with Gasteiger partial charge in [-0.15, -0.1) is 0 Å². The van der Waals surface area contributed by atoms with Crippen molar-refractivity contribution in [2.45, 2.75) is 25.8 Å². The van der Waals surface area contributed by atoms with Crippen LogP contribution < -0.4 is 4.90 Å². The molecule has 5 nitrogen and oxygen atoms in total. The molecule has 2 N–H and O–H groups in total. The molecule has 0 aromatic heterocycles. The maximum Gasteiger partial charge on any atom is 0.300 e. The smallest absolute Gasteiger partial charge is 0.300 e. The Morgan fingerprint density at radius 2 is 1.62 bits per heavy atom. The molecule has 1 aliphatic rings. The van der Waals surface area contributed by atoms with Crippen molar-refractivity contribution in [2.75, 3.05) is 4.90 Å². The second-order valence-corrected chi connectivity index (χ2v) is 8.45. The van der Waals surface area contributed by atoms with Crippen LogP contribution in [-0.2, 0) is 9.59 Å². The summed E-state index contributed by atoms with van der Waals surface area (Å²) in [7, 11) is 0. The first-order valence-electron chi connectivity index (χ1n) is 10.2. The van der Waals surface area contributed by atoms with Gasteiger partial charge < -0.3 is 10.2 Å². The molecule has 0 spiro atoms. The van der Waals surface area contributed by atoms with Crippen LogP contribution in [0.2, 0.25) is 5.02 Å². The summed E-state index contributed by atoms with van der Waals surface area (Å²) in [6.07, 6.45) is 0. The van der Waals surface area contributed by atoms with E-state index in [2.05, 4.69) is 13.8 Å². The number of ketones is 1. The van der Waals surface area contributed by atoms with Crippen molar-refractivity contribution >= 4 is 34.7 Å². The van der Waals surface area contributed by atoms with Crippen LogP contribution in [0.3, 0.4) is 0 Å². The fourth-order valence-corrected chi connectivity index (χ4v) is 4.02. The molecule has 1 aliphatic heterocycles. The van der Waals surface area contributed by atoms with Gasteiger partial charge in [-0.2, -0.15) is 0 Å². The lowest BCUT2D eigenvalue weighted by Crippen LogP contribution is -2.29. The second-order valence-electron chi connectivity index (χ2n) is 8.02. The van der Waals surface area contributed by atoms with Gasteiger partial charge in [0.25, 0.3) is 11.7 Å². The number of rotatable bonds is 4. The molecule has 0 saturated carbocycles. The van der Waals surface area contributed by atoms with Crippen molar-refractivity contribution < 1.29 is 19.8 Å². The number of anilines is 1. The van der Waals surface area contributed by atoms with Gasteiger partial charge in [0, 0.05) is 16.3 Å². The van der Waals surface area contributed by atoms with E-state index >= 15 is 0 Å². The van der Waals surface area contributed by atoms with E-state index in [1.807, 2.05) is 12.1 Å². The Morgan fingerprint density at radius 3 is 2.22 bits per heavy atom. The summed E-state index contributed by atoms with van der Waals surface area (Å²) in [6.45, 7) is 4.14. The first-order valence-corrected chi connectivity index (χ1v) is 10.6. The minimum absolute atomic E-state index is 0.00487. The van der Waals surface area contributed by atoms with Gasteiger partial charge in [-0.3, -0.25) is 14.5 Å². The third-order valence-electron chi connectivity index (χ3n) is 5.59. The van der Waals surface area contributed by atoms with Crippen molar-refractivity contribution in [3.05, 3.63) is 100 Å². The molecule has 4 rings (SSSR count). The van der Waals surface area contributed by atoms with Gasteiger partial charge >= 0.3 is 0 Å². The van der Waals surface area contributed by atoms with Gasteiger partial charge in [0.05, 0.1) is 11.6 Å². The number of aromatic hydroxyl groups is 1. The predicted molar refractivity (Wildman–Crippen MR) is 125 cm³/mol. The number of carbonyl (C=O) groups is 2. The fourth-order valence-electron chi connectivity index (χ4n) is 3.89. The first-order chi connectivity index (χ1) is 15.3. The summed E-state index contributed by atoms with van der Waals surface area (Å²) in [4.78, 5) is 27.6. The van der Waals surface area contributed by atoms with Crippen molar-refractivity contribution in [1.29, 1.82) is 0 Å². The molecule has 162 valence electrons. The highest BCUT2D eigenvalue weighted by Gasteiger charge is 2.47. The molecule has 1 saturated heterocycles. The van der Waals surface area contributed by atoms with E-state index in [1.165, 1.54) is 17.0 Å². The molecule has 3 aromatic rings. The fraction of sp³-hybridized carbons (Fsp3) is 0.154. The van der Waals surface area contributed by atoms with Crippen LogP contribution in [0.1, 0.15) is 42.5 Å². The molecule has 0 bridgehead atoms. The second kappa shape index (κ2) is 8.52. The Labute approximate surface area is 191 Å². The summed E-state index contributed by atoms with van der Waals surface area (Å²) in [5, 5.41) is 21.6. The van der Waals surface area contributed by atoms with Crippen molar-refractivity contribution in [3.63, 3.8) is 0 Å². The topological polar surface area (TPSA) is 77.8 Å². The average molecular weight is 448 g/mol. The zero-order chi connectivity index (χ0) is 23.0. The minimum Gasteiger partial charge on any atom is -0.508 e. The summed E-state index contributed by atoms with van der Waals surface area (Å²) in [5.41, 5.74) is 2.46. The lowest BCUT2D eigenvalue weighted by Gasteiger charge is -2.26. The molecule has 1 fully saturated rings. The Hall–Kier alpha value is -3.57. The third-order valence-corrected chi connectivity index (χ3v) is 5.84. The van der Waals surface area contributed by atoms with Crippen LogP contribution in [0.15, 0.2) is 78.4 Å². The van der Waals surface area contributed by atoms with E-state index in [0.29, 0.717) is 27.8 Å². The number of nitrogens with zero attached hydrogens (tertiary/aromatic N) is 1. The van der Waals surface area contributed by atoms with Crippen LogP contribution in [0, 0.1) is 0 Å². The highest BCUT2D eigenvalue weighted by Crippen LogP contribution is 2.43. The molecule has 1 unspecified atom stereocenters. The minimum atomic E-state index is -0.900. The maximum atomic E-state index is 13.1. The van der Waals surface area contributed by atoms with E-state index in [9.17, 15) is 19.8 Å². The molecule has 3 aromatic carbocycles. The van der Waals surface area contributed by atoms with E-state index < -0.39 is 17.7 Å². The normalized spacial score (nSPS) is 17.9. The average Bonchev–Trinajstić information content (AvgIpc) is 3.04. The van der Waals surface area contributed by atoms with Gasteiger partial charge in [-0.05, 0) is 65.6 Å². The third kappa shape index (κ3) is 3.87. The van der Waals surface area contributed by atoms with Crippen LogP contribution in [0.25, 0.3) is 5.76 Å². The summed E-state index contributed by atoms with van der Waals surface area (Å²) < 4.78 is 0. The van der Waals surface area contributed by atoms with Crippen molar-refractivity contribution in [1.82, 2.24) is 0 Å². The molecule has 1 amide bonds. The van der Waals surface area contributed by atoms with Gasteiger partial charge in [0.2, 0.25) is 0 Å². The molecular weight excluding hydrogens is 426 g/mol. The zero-order valence-corrected chi connectivity index (χ0v) is 18.4. The van der Waals surface area contributed by atoms with Crippen molar-refractivity contribution in [3.8, 4) is 5.75 Å². The Bertz CT molecular complexity index is 1210. The summed E-state index contributed by atoms with van der Waals surface area (Å²) >= 11 is 5.95.